The number of pyridine rings is 1. The minimum absolute atomic E-state index is 0.150. The van der Waals surface area contributed by atoms with Crippen LogP contribution in [-0.4, -0.2) is 28.5 Å². The topological polar surface area (TPSA) is 106 Å². The van der Waals surface area contributed by atoms with E-state index in [0.29, 0.717) is 30.1 Å². The summed E-state index contributed by atoms with van der Waals surface area (Å²) in [5.74, 6) is 1.99. The minimum atomic E-state index is -0.170. The van der Waals surface area contributed by atoms with Gasteiger partial charge in [-0.2, -0.15) is 0 Å². The maximum atomic E-state index is 12.7. The monoisotopic (exact) mass is 504 g/mol. The summed E-state index contributed by atoms with van der Waals surface area (Å²) in [7, 11) is 0. The summed E-state index contributed by atoms with van der Waals surface area (Å²) < 4.78 is 11.8. The Bertz CT molecular complexity index is 1680. The molecule has 3 aromatic heterocycles. The van der Waals surface area contributed by atoms with E-state index in [4.69, 9.17) is 14.9 Å². The number of aromatic nitrogens is 2. The van der Waals surface area contributed by atoms with E-state index in [-0.39, 0.29) is 11.9 Å². The van der Waals surface area contributed by atoms with Crippen LogP contribution in [0.2, 0.25) is 0 Å². The number of amides is 1. The second-order valence-electron chi connectivity index (χ2n) is 9.70. The highest BCUT2D eigenvalue weighted by Crippen LogP contribution is 2.37. The summed E-state index contributed by atoms with van der Waals surface area (Å²) in [5.41, 5.74) is 13.7. The molecule has 0 aliphatic carbocycles. The van der Waals surface area contributed by atoms with Gasteiger partial charge in [0.15, 0.2) is 0 Å². The number of para-hydroxylation sites is 1. The van der Waals surface area contributed by atoms with Crippen LogP contribution in [0.4, 0.5) is 5.69 Å². The molecule has 0 fully saturated rings. The van der Waals surface area contributed by atoms with Crippen molar-refractivity contribution in [2.75, 3.05) is 11.9 Å². The maximum Gasteiger partial charge on any atom is 0.256 e. The lowest BCUT2D eigenvalue weighted by Gasteiger charge is -2.13. The first-order valence-electron chi connectivity index (χ1n) is 12.6. The number of nitrogens with zero attached hydrogens (tertiary/aromatic N) is 1. The molecule has 2 aromatic carbocycles. The van der Waals surface area contributed by atoms with Crippen molar-refractivity contribution in [1.82, 2.24) is 9.97 Å². The molecule has 1 aliphatic heterocycles. The third-order valence-corrected chi connectivity index (χ3v) is 6.94. The Morgan fingerprint density at radius 2 is 1.95 bits per heavy atom. The van der Waals surface area contributed by atoms with Gasteiger partial charge in [-0.3, -0.25) is 9.78 Å². The van der Waals surface area contributed by atoms with Gasteiger partial charge in [0.1, 0.15) is 23.9 Å². The van der Waals surface area contributed by atoms with E-state index in [1.54, 1.807) is 18.5 Å². The number of furan rings is 1. The number of ether oxygens (including phenoxy) is 1. The number of rotatable bonds is 7. The number of fused-ring (bicyclic) bond motifs is 2. The fourth-order valence-electron chi connectivity index (χ4n) is 4.83. The number of aromatic amines is 1. The van der Waals surface area contributed by atoms with Crippen molar-refractivity contribution in [2.45, 2.75) is 26.3 Å². The van der Waals surface area contributed by atoms with Crippen LogP contribution in [0.1, 0.15) is 28.2 Å². The smallest absolute Gasteiger partial charge is 0.256 e. The Hall–Kier alpha value is -4.62. The maximum absolute atomic E-state index is 12.7. The SMILES string of the molecule is Cc1cc(/C=C2\C(=O)Nc3ccc(-c4cncc(OC[C@@H](N)Cc5c[nH]c6ccccc56)c4)cc32)oc1C. The Balaban J connectivity index is 1.19. The molecule has 4 N–H and O–H groups in total. The number of carbonyl (C=O) groups excluding carboxylic acids is 1. The van der Waals surface area contributed by atoms with Crippen LogP contribution < -0.4 is 15.8 Å². The Morgan fingerprint density at radius 1 is 1.08 bits per heavy atom. The number of hydrogen-bond acceptors (Lipinski definition) is 5. The van der Waals surface area contributed by atoms with Crippen molar-refractivity contribution in [3.63, 3.8) is 0 Å². The van der Waals surface area contributed by atoms with Crippen LogP contribution in [0, 0.1) is 13.8 Å². The summed E-state index contributed by atoms with van der Waals surface area (Å²) in [4.78, 5) is 20.4. The summed E-state index contributed by atoms with van der Waals surface area (Å²) in [6.45, 7) is 4.26. The van der Waals surface area contributed by atoms with E-state index in [2.05, 4.69) is 27.4 Å². The average Bonchev–Trinajstić information content (AvgIpc) is 3.57. The average molecular weight is 505 g/mol. The van der Waals surface area contributed by atoms with Gasteiger partial charge in [-0.15, -0.1) is 0 Å². The van der Waals surface area contributed by atoms with Crippen LogP contribution >= 0.6 is 0 Å². The summed E-state index contributed by atoms with van der Waals surface area (Å²) >= 11 is 0. The van der Waals surface area contributed by atoms with E-state index < -0.39 is 0 Å². The molecule has 0 bridgehead atoms. The van der Waals surface area contributed by atoms with E-state index in [9.17, 15) is 4.79 Å². The highest BCUT2D eigenvalue weighted by molar-refractivity contribution is 6.35. The van der Waals surface area contributed by atoms with Crippen molar-refractivity contribution >= 4 is 34.1 Å². The number of H-pyrrole nitrogens is 1. The molecule has 0 unspecified atom stereocenters. The van der Waals surface area contributed by atoms with Crippen molar-refractivity contribution < 1.29 is 13.9 Å². The van der Waals surface area contributed by atoms with Gasteiger partial charge in [0.2, 0.25) is 0 Å². The number of aryl methyl sites for hydroxylation is 2. The quantitative estimate of drug-likeness (QED) is 0.240. The molecule has 1 amide bonds. The molecule has 0 spiro atoms. The first kappa shape index (κ1) is 23.8. The standard InChI is InChI=1S/C31H28N4O3/c1-18-9-24(38-19(18)2)13-28-27-12-20(7-8-30(27)35-31(28)36)21-11-25(16-33-14-21)37-17-23(32)10-22-15-34-29-6-4-3-5-26(22)29/h3-9,11-16,23,34H,10,17,32H2,1-2H3,(H,35,36)/b28-13-/t23-/m0/s1. The Morgan fingerprint density at radius 3 is 2.79 bits per heavy atom. The molecule has 0 radical (unpaired) electrons. The molecule has 7 nitrogen and oxygen atoms in total. The zero-order valence-corrected chi connectivity index (χ0v) is 21.2. The van der Waals surface area contributed by atoms with Gasteiger partial charge in [0, 0.05) is 46.2 Å². The first-order valence-corrected chi connectivity index (χ1v) is 12.6. The fraction of sp³-hybridized carbons (Fsp3) is 0.161. The van der Waals surface area contributed by atoms with Crippen molar-refractivity contribution in [2.24, 2.45) is 5.73 Å². The van der Waals surface area contributed by atoms with Gasteiger partial charge in [-0.1, -0.05) is 24.3 Å². The summed E-state index contributed by atoms with van der Waals surface area (Å²) in [6.07, 6.45) is 7.97. The summed E-state index contributed by atoms with van der Waals surface area (Å²) in [6, 6.07) is 17.8. The van der Waals surface area contributed by atoms with Gasteiger partial charge < -0.3 is 25.2 Å². The number of nitrogens with one attached hydrogen (secondary N) is 2. The molecule has 38 heavy (non-hydrogen) atoms. The highest BCUT2D eigenvalue weighted by atomic mass is 16.5. The van der Waals surface area contributed by atoms with E-state index in [0.717, 1.165) is 39.2 Å². The molecule has 4 heterocycles. The van der Waals surface area contributed by atoms with Gasteiger partial charge in [0.05, 0.1) is 11.8 Å². The van der Waals surface area contributed by atoms with Crippen molar-refractivity contribution in [3.05, 3.63) is 101 Å². The van der Waals surface area contributed by atoms with Gasteiger partial charge in [-0.05, 0) is 73.4 Å². The predicted molar refractivity (Wildman–Crippen MR) is 150 cm³/mol. The zero-order valence-electron chi connectivity index (χ0n) is 21.2. The molecule has 0 saturated carbocycles. The minimum Gasteiger partial charge on any atom is -0.490 e. The third kappa shape index (κ3) is 4.60. The Labute approximate surface area is 220 Å². The summed E-state index contributed by atoms with van der Waals surface area (Å²) in [5, 5.41) is 4.12. The number of anilines is 1. The fourth-order valence-corrected chi connectivity index (χ4v) is 4.83. The molecular formula is C31H28N4O3. The molecule has 7 heteroatoms. The predicted octanol–water partition coefficient (Wildman–Crippen LogP) is 5.88. The normalized spacial score (nSPS) is 14.6. The lowest BCUT2D eigenvalue weighted by atomic mass is 10.00. The largest absolute Gasteiger partial charge is 0.490 e. The first-order chi connectivity index (χ1) is 18.4. The lowest BCUT2D eigenvalue weighted by Crippen LogP contribution is -2.30. The number of benzene rings is 2. The molecule has 5 aromatic rings. The van der Waals surface area contributed by atoms with Crippen LogP contribution in [0.15, 0.2) is 77.6 Å². The van der Waals surface area contributed by atoms with Gasteiger partial charge >= 0.3 is 0 Å². The van der Waals surface area contributed by atoms with Gasteiger partial charge in [-0.25, -0.2) is 0 Å². The molecule has 1 aliphatic rings. The Kier molecular flexibility index (Phi) is 6.05. The van der Waals surface area contributed by atoms with Gasteiger partial charge in [0.25, 0.3) is 5.91 Å². The van der Waals surface area contributed by atoms with E-state index in [1.807, 2.05) is 62.5 Å². The lowest BCUT2D eigenvalue weighted by molar-refractivity contribution is -0.110. The number of carbonyl (C=O) groups is 1. The van der Waals surface area contributed by atoms with Crippen LogP contribution in [0.25, 0.3) is 33.7 Å². The van der Waals surface area contributed by atoms with Crippen LogP contribution in [-0.2, 0) is 11.2 Å². The van der Waals surface area contributed by atoms with Crippen LogP contribution in [0.5, 0.6) is 5.75 Å². The second kappa shape index (κ2) is 9.68. The van der Waals surface area contributed by atoms with Crippen molar-refractivity contribution in [1.29, 1.82) is 0 Å². The molecular weight excluding hydrogens is 476 g/mol. The zero-order chi connectivity index (χ0) is 26.2. The van der Waals surface area contributed by atoms with E-state index in [1.165, 1.54) is 10.9 Å². The number of nitrogens with two attached hydrogens (primary N) is 1. The third-order valence-electron chi connectivity index (χ3n) is 6.94. The molecule has 6 rings (SSSR count). The molecule has 190 valence electrons. The highest BCUT2D eigenvalue weighted by Gasteiger charge is 2.25. The molecule has 0 saturated heterocycles. The molecule has 1 atom stereocenters. The second-order valence-corrected chi connectivity index (χ2v) is 9.70. The van der Waals surface area contributed by atoms with E-state index >= 15 is 0 Å². The number of hydrogen-bond donors (Lipinski definition) is 3. The van der Waals surface area contributed by atoms with Crippen LogP contribution in [0.3, 0.4) is 0 Å². The van der Waals surface area contributed by atoms with Crippen molar-refractivity contribution in [3.8, 4) is 16.9 Å².